The summed E-state index contributed by atoms with van der Waals surface area (Å²) in [5.41, 5.74) is 1.21. The second-order valence-corrected chi connectivity index (χ2v) is 6.58. The van der Waals surface area contributed by atoms with Crippen LogP contribution in [0.4, 0.5) is 5.69 Å². The van der Waals surface area contributed by atoms with Crippen LogP contribution in [-0.4, -0.2) is 32.8 Å². The maximum absolute atomic E-state index is 12.6. The molecule has 0 saturated heterocycles. The third-order valence-corrected chi connectivity index (χ3v) is 4.31. The zero-order valence-electron chi connectivity index (χ0n) is 16.9. The van der Waals surface area contributed by atoms with Crippen molar-refractivity contribution >= 4 is 11.6 Å². The molecule has 0 radical (unpaired) electrons. The van der Waals surface area contributed by atoms with Crippen molar-refractivity contribution in [2.45, 2.75) is 39.0 Å². The summed E-state index contributed by atoms with van der Waals surface area (Å²) in [5, 5.41) is 2.90. The monoisotopic (exact) mass is 385 g/mol. The van der Waals surface area contributed by atoms with Crippen LogP contribution in [-0.2, 0) is 4.74 Å². The Hall–Kier alpha value is -2.53. The predicted molar refractivity (Wildman–Crippen MR) is 112 cm³/mol. The van der Waals surface area contributed by atoms with Gasteiger partial charge in [0.2, 0.25) is 0 Å². The molecule has 0 aliphatic heterocycles. The third kappa shape index (κ3) is 7.61. The van der Waals surface area contributed by atoms with Crippen LogP contribution in [0.2, 0.25) is 0 Å². The van der Waals surface area contributed by atoms with Gasteiger partial charge in [-0.3, -0.25) is 4.79 Å². The minimum atomic E-state index is -0.211. The molecule has 1 amide bonds. The fourth-order valence-corrected chi connectivity index (χ4v) is 2.74. The number of hydrogen-bond donors (Lipinski definition) is 1. The lowest BCUT2D eigenvalue weighted by Crippen LogP contribution is -2.14. The number of rotatable bonds is 13. The Balaban J connectivity index is 1.84. The van der Waals surface area contributed by atoms with E-state index in [1.807, 2.05) is 36.4 Å². The molecule has 0 bridgehead atoms. The fourth-order valence-electron chi connectivity index (χ4n) is 2.74. The summed E-state index contributed by atoms with van der Waals surface area (Å²) in [4.78, 5) is 12.6. The Morgan fingerprint density at radius 1 is 0.857 bits per heavy atom. The van der Waals surface area contributed by atoms with Crippen molar-refractivity contribution < 1.29 is 19.0 Å². The zero-order valence-corrected chi connectivity index (χ0v) is 16.9. The lowest BCUT2D eigenvalue weighted by Gasteiger charge is -2.12. The number of carbonyl (C=O) groups excluding carboxylic acids is 1. The van der Waals surface area contributed by atoms with E-state index in [2.05, 4.69) is 12.2 Å². The Kier molecular flexibility index (Phi) is 9.94. The first-order chi connectivity index (χ1) is 13.7. The number of benzene rings is 2. The minimum Gasteiger partial charge on any atom is -0.494 e. The lowest BCUT2D eigenvalue weighted by molar-refractivity contribution is 0.101. The summed E-state index contributed by atoms with van der Waals surface area (Å²) in [7, 11) is 1.61. The van der Waals surface area contributed by atoms with E-state index in [0.717, 1.165) is 18.8 Å². The number of anilines is 1. The largest absolute Gasteiger partial charge is 0.494 e. The molecule has 0 atom stereocenters. The number of methoxy groups -OCH3 is 1. The molecular weight excluding hydrogens is 354 g/mol. The van der Waals surface area contributed by atoms with Crippen LogP contribution in [0.25, 0.3) is 0 Å². The number of amides is 1. The average molecular weight is 386 g/mol. The van der Waals surface area contributed by atoms with Crippen LogP contribution in [0.1, 0.15) is 49.4 Å². The van der Waals surface area contributed by atoms with Gasteiger partial charge in [-0.05, 0) is 42.8 Å². The standard InChI is InChI=1S/C23H31NO4/c1-3-4-5-6-9-16-27-20-14-12-19(13-15-20)24-23(25)21-10-7-8-11-22(21)28-18-17-26-2/h7-8,10-15H,3-6,9,16-18H2,1-2H3,(H,24,25). The smallest absolute Gasteiger partial charge is 0.259 e. The van der Waals surface area contributed by atoms with Crippen LogP contribution in [0.15, 0.2) is 48.5 Å². The van der Waals surface area contributed by atoms with Gasteiger partial charge in [-0.1, -0.05) is 44.7 Å². The van der Waals surface area contributed by atoms with Crippen LogP contribution in [0.5, 0.6) is 11.5 Å². The maximum Gasteiger partial charge on any atom is 0.259 e. The highest BCUT2D eigenvalue weighted by Gasteiger charge is 2.12. The summed E-state index contributed by atoms with van der Waals surface area (Å²) >= 11 is 0. The quantitative estimate of drug-likeness (QED) is 0.475. The van der Waals surface area contributed by atoms with Crippen LogP contribution >= 0.6 is 0 Å². The number of ether oxygens (including phenoxy) is 3. The Labute approximate surface area is 168 Å². The fraction of sp³-hybridized carbons (Fsp3) is 0.435. The van der Waals surface area contributed by atoms with Gasteiger partial charge in [-0.15, -0.1) is 0 Å². The van der Waals surface area contributed by atoms with Gasteiger partial charge >= 0.3 is 0 Å². The first kappa shape index (κ1) is 21.8. The molecule has 5 heteroatoms. The molecular formula is C23H31NO4. The molecule has 1 N–H and O–H groups in total. The van der Waals surface area contributed by atoms with E-state index < -0.39 is 0 Å². The van der Waals surface area contributed by atoms with E-state index in [9.17, 15) is 4.79 Å². The molecule has 0 aliphatic carbocycles. The summed E-state index contributed by atoms with van der Waals surface area (Å²) < 4.78 is 16.4. The molecule has 0 aromatic heterocycles. The summed E-state index contributed by atoms with van der Waals surface area (Å²) in [5.74, 6) is 1.15. The second-order valence-electron chi connectivity index (χ2n) is 6.58. The molecule has 0 heterocycles. The maximum atomic E-state index is 12.6. The Morgan fingerprint density at radius 2 is 1.61 bits per heavy atom. The molecule has 28 heavy (non-hydrogen) atoms. The summed E-state index contributed by atoms with van der Waals surface area (Å²) in [6.45, 7) is 3.80. The zero-order chi connectivity index (χ0) is 20.0. The molecule has 0 fully saturated rings. The Bertz CT molecular complexity index is 700. The van der Waals surface area contributed by atoms with E-state index in [4.69, 9.17) is 14.2 Å². The first-order valence-corrected chi connectivity index (χ1v) is 9.99. The average Bonchev–Trinajstić information content (AvgIpc) is 2.72. The molecule has 5 nitrogen and oxygen atoms in total. The summed E-state index contributed by atoms with van der Waals surface area (Å²) in [6, 6.07) is 14.6. The number of carbonyl (C=O) groups is 1. The van der Waals surface area contributed by atoms with Crippen LogP contribution in [0.3, 0.4) is 0 Å². The van der Waals surface area contributed by atoms with Crippen molar-refractivity contribution in [2.75, 3.05) is 32.2 Å². The normalized spacial score (nSPS) is 10.5. The molecule has 0 saturated carbocycles. The van der Waals surface area contributed by atoms with Gasteiger partial charge in [0, 0.05) is 12.8 Å². The molecule has 0 aliphatic rings. The highest BCUT2D eigenvalue weighted by Crippen LogP contribution is 2.21. The number of unbranched alkanes of at least 4 members (excludes halogenated alkanes) is 4. The van der Waals surface area contributed by atoms with Crippen molar-refractivity contribution in [1.82, 2.24) is 0 Å². The SMILES string of the molecule is CCCCCCCOc1ccc(NC(=O)c2ccccc2OCCOC)cc1. The van der Waals surface area contributed by atoms with Crippen molar-refractivity contribution in [2.24, 2.45) is 0 Å². The van der Waals surface area contributed by atoms with E-state index >= 15 is 0 Å². The van der Waals surface area contributed by atoms with E-state index in [1.54, 1.807) is 19.2 Å². The van der Waals surface area contributed by atoms with Gasteiger partial charge in [0.05, 0.1) is 18.8 Å². The Morgan fingerprint density at radius 3 is 2.36 bits per heavy atom. The number of nitrogens with one attached hydrogen (secondary N) is 1. The third-order valence-electron chi connectivity index (χ3n) is 4.31. The van der Waals surface area contributed by atoms with Crippen molar-refractivity contribution in [1.29, 1.82) is 0 Å². The van der Waals surface area contributed by atoms with Crippen molar-refractivity contribution in [3.63, 3.8) is 0 Å². The number of hydrogen-bond acceptors (Lipinski definition) is 4. The highest BCUT2D eigenvalue weighted by atomic mass is 16.5. The second kappa shape index (κ2) is 12.8. The molecule has 2 aromatic carbocycles. The molecule has 0 spiro atoms. The van der Waals surface area contributed by atoms with E-state index in [0.29, 0.717) is 30.2 Å². The van der Waals surface area contributed by atoms with Gasteiger partial charge < -0.3 is 19.5 Å². The van der Waals surface area contributed by atoms with Crippen molar-refractivity contribution in [3.05, 3.63) is 54.1 Å². The molecule has 2 aromatic rings. The van der Waals surface area contributed by atoms with Crippen LogP contribution in [0, 0.1) is 0 Å². The van der Waals surface area contributed by atoms with Gasteiger partial charge in [-0.25, -0.2) is 0 Å². The lowest BCUT2D eigenvalue weighted by atomic mass is 10.1. The van der Waals surface area contributed by atoms with Crippen LogP contribution < -0.4 is 14.8 Å². The molecule has 2 rings (SSSR count). The van der Waals surface area contributed by atoms with E-state index in [-0.39, 0.29) is 5.91 Å². The van der Waals surface area contributed by atoms with Crippen molar-refractivity contribution in [3.8, 4) is 11.5 Å². The predicted octanol–water partition coefficient (Wildman–Crippen LogP) is 5.31. The topological polar surface area (TPSA) is 56.8 Å². The molecule has 152 valence electrons. The summed E-state index contributed by atoms with van der Waals surface area (Å²) in [6.07, 6.45) is 6.07. The van der Waals surface area contributed by atoms with Gasteiger partial charge in [0.15, 0.2) is 0 Å². The van der Waals surface area contributed by atoms with E-state index in [1.165, 1.54) is 25.7 Å². The highest BCUT2D eigenvalue weighted by molar-refractivity contribution is 6.06. The van der Waals surface area contributed by atoms with Gasteiger partial charge in [0.1, 0.15) is 18.1 Å². The first-order valence-electron chi connectivity index (χ1n) is 9.99. The minimum absolute atomic E-state index is 0.211. The van der Waals surface area contributed by atoms with Gasteiger partial charge in [0.25, 0.3) is 5.91 Å². The molecule has 0 unspecified atom stereocenters. The van der Waals surface area contributed by atoms with Gasteiger partial charge in [-0.2, -0.15) is 0 Å². The number of para-hydroxylation sites is 1.